The average Bonchev–Trinajstić information content (AvgIpc) is 2.71. The highest BCUT2D eigenvalue weighted by Gasteiger charge is 2.23. The summed E-state index contributed by atoms with van der Waals surface area (Å²) in [4.78, 5) is 27.8. The molecule has 6 nitrogen and oxygen atoms in total. The number of carbonyl (C=O) groups is 2. The number of aromatic amines is 1. The zero-order chi connectivity index (χ0) is 20.8. The number of hydrogen-bond donors (Lipinski definition) is 3. The van der Waals surface area contributed by atoms with E-state index in [0.29, 0.717) is 10.7 Å². The van der Waals surface area contributed by atoms with Crippen LogP contribution in [0.1, 0.15) is 46.9 Å². The number of nitrogen functional groups attached to an aromatic ring is 1. The summed E-state index contributed by atoms with van der Waals surface area (Å²) in [5.41, 5.74) is 12.8. The zero-order valence-corrected chi connectivity index (χ0v) is 17.1. The lowest BCUT2D eigenvalue weighted by Gasteiger charge is -2.10. The highest BCUT2D eigenvalue weighted by atomic mass is 32.2. The van der Waals surface area contributed by atoms with Crippen LogP contribution in [-0.2, 0) is 0 Å². The number of amides is 2. The number of pyridine rings is 1. The van der Waals surface area contributed by atoms with Crippen LogP contribution in [0.2, 0.25) is 0 Å². The third-order valence-electron chi connectivity index (χ3n) is 4.61. The maximum atomic E-state index is 12.9. The molecule has 6 N–H and O–H groups in total. The summed E-state index contributed by atoms with van der Waals surface area (Å²) in [7, 11) is 0. The minimum atomic E-state index is -0.599. The van der Waals surface area contributed by atoms with Gasteiger partial charge in [0.15, 0.2) is 5.03 Å². The van der Waals surface area contributed by atoms with Crippen molar-refractivity contribution in [3.63, 3.8) is 0 Å². The molecule has 1 aromatic heterocycles. The first kappa shape index (κ1) is 20.7. The smallest absolute Gasteiger partial charge is 0.284 e. The van der Waals surface area contributed by atoms with Gasteiger partial charge < -0.3 is 11.1 Å². The highest BCUT2D eigenvalue weighted by Crippen LogP contribution is 2.26. The summed E-state index contributed by atoms with van der Waals surface area (Å²) < 4.78 is 0. The van der Waals surface area contributed by atoms with Gasteiger partial charge in [0.2, 0.25) is 0 Å². The number of unbranched alkanes of at least 4 members (excludes halogenated alkanes) is 2. The Morgan fingerprint density at radius 1 is 1.07 bits per heavy atom. The molecule has 0 saturated carbocycles. The minimum Gasteiger partial charge on any atom is -0.365 e. The van der Waals surface area contributed by atoms with Gasteiger partial charge in [0.25, 0.3) is 17.6 Å². The second kappa shape index (κ2) is 9.43. The number of thioether (sulfide) groups is 1. The number of carbonyl (C=O) groups excluding carboxylic acids is 2. The summed E-state index contributed by atoms with van der Waals surface area (Å²) in [5, 5.41) is 5.42. The first-order chi connectivity index (χ1) is 14.0. The average molecular weight is 410 g/mol. The predicted octanol–water partition coefficient (Wildman–Crippen LogP) is 3.87. The molecule has 3 aromatic rings. The number of nitrogens with one attached hydrogen (secondary N) is 2. The normalized spacial score (nSPS) is 10.8. The second-order valence-corrected chi connectivity index (χ2v) is 7.85. The summed E-state index contributed by atoms with van der Waals surface area (Å²) >= 11 is 1.49. The third-order valence-corrected chi connectivity index (χ3v) is 5.72. The van der Waals surface area contributed by atoms with Crippen LogP contribution >= 0.6 is 11.8 Å². The van der Waals surface area contributed by atoms with Crippen LogP contribution in [0.25, 0.3) is 10.8 Å². The predicted molar refractivity (Wildman–Crippen MR) is 118 cm³/mol. The molecule has 0 radical (unpaired) electrons. The van der Waals surface area contributed by atoms with Gasteiger partial charge in [-0.3, -0.25) is 15.3 Å². The first-order valence-electron chi connectivity index (χ1n) is 9.58. The van der Waals surface area contributed by atoms with Crippen LogP contribution in [0.15, 0.2) is 53.6 Å². The molecule has 3 rings (SSSR count). The maximum Gasteiger partial charge on any atom is 0.284 e. The Bertz CT molecular complexity index is 1050. The molecular formula is C22H25N4O2S+. The van der Waals surface area contributed by atoms with Gasteiger partial charge in [-0.2, -0.15) is 0 Å². The van der Waals surface area contributed by atoms with Crippen LogP contribution in [0, 0.1) is 0 Å². The molecule has 0 atom stereocenters. The molecular weight excluding hydrogens is 384 g/mol. The van der Waals surface area contributed by atoms with E-state index in [1.165, 1.54) is 17.8 Å². The van der Waals surface area contributed by atoms with Gasteiger partial charge in [0, 0.05) is 16.8 Å². The van der Waals surface area contributed by atoms with Crippen LogP contribution in [0.5, 0.6) is 0 Å². The number of benzene rings is 2. The zero-order valence-electron chi connectivity index (χ0n) is 16.3. The van der Waals surface area contributed by atoms with Crippen molar-refractivity contribution in [1.29, 1.82) is 0 Å². The van der Waals surface area contributed by atoms with E-state index in [4.69, 9.17) is 11.5 Å². The van der Waals surface area contributed by atoms with Crippen molar-refractivity contribution < 1.29 is 14.6 Å². The molecule has 1 heterocycles. The number of nitrogens with two attached hydrogens (primary N) is 2. The number of anilines is 2. The first-order valence-corrected chi connectivity index (χ1v) is 10.6. The van der Waals surface area contributed by atoms with Gasteiger partial charge >= 0.3 is 0 Å². The largest absolute Gasteiger partial charge is 0.365 e. The fourth-order valence-electron chi connectivity index (χ4n) is 3.08. The Kier molecular flexibility index (Phi) is 6.72. The molecule has 0 unspecified atom stereocenters. The van der Waals surface area contributed by atoms with E-state index >= 15 is 0 Å². The van der Waals surface area contributed by atoms with E-state index in [1.807, 2.05) is 42.5 Å². The molecule has 0 aliphatic carbocycles. The molecule has 150 valence electrons. The van der Waals surface area contributed by atoms with E-state index in [1.54, 1.807) is 0 Å². The third kappa shape index (κ3) is 4.86. The molecule has 2 aromatic carbocycles. The Morgan fingerprint density at radius 2 is 1.83 bits per heavy atom. The van der Waals surface area contributed by atoms with E-state index in [9.17, 15) is 9.59 Å². The molecule has 7 heteroatoms. The van der Waals surface area contributed by atoms with E-state index in [2.05, 4.69) is 17.2 Å². The van der Waals surface area contributed by atoms with Crippen LogP contribution in [-0.4, -0.2) is 17.6 Å². The van der Waals surface area contributed by atoms with Crippen molar-refractivity contribution in [2.75, 3.05) is 16.8 Å². The van der Waals surface area contributed by atoms with Crippen molar-refractivity contribution in [1.82, 2.24) is 0 Å². The van der Waals surface area contributed by atoms with E-state index < -0.39 is 11.8 Å². The molecule has 29 heavy (non-hydrogen) atoms. The molecule has 2 amide bonds. The monoisotopic (exact) mass is 409 g/mol. The van der Waals surface area contributed by atoms with Crippen LogP contribution < -0.4 is 21.8 Å². The number of H-pyrrole nitrogens is 1. The SMILES string of the molecule is CCCCCSc1[nH+]c(N)c(C(=O)Nc2cccc3ccccc23)cc1C(N)=O. The lowest BCUT2D eigenvalue weighted by Crippen LogP contribution is -2.26. The van der Waals surface area contributed by atoms with E-state index in [0.717, 1.165) is 35.8 Å². The summed E-state index contributed by atoms with van der Waals surface area (Å²) in [6, 6.07) is 14.9. The van der Waals surface area contributed by atoms with Crippen molar-refractivity contribution in [3.05, 3.63) is 59.7 Å². The molecule has 0 aliphatic rings. The van der Waals surface area contributed by atoms with E-state index in [-0.39, 0.29) is 16.9 Å². The lowest BCUT2D eigenvalue weighted by molar-refractivity contribution is -0.410. The van der Waals surface area contributed by atoms with Gasteiger partial charge in [0.05, 0.1) is 5.56 Å². The lowest BCUT2D eigenvalue weighted by atomic mass is 10.1. The Morgan fingerprint density at radius 3 is 2.59 bits per heavy atom. The van der Waals surface area contributed by atoms with Gasteiger partial charge in [0.1, 0.15) is 5.56 Å². The number of hydrogen-bond acceptors (Lipinski definition) is 4. The number of primary amides is 1. The second-order valence-electron chi connectivity index (χ2n) is 6.74. The van der Waals surface area contributed by atoms with Crippen molar-refractivity contribution in [3.8, 4) is 0 Å². The van der Waals surface area contributed by atoms with Gasteiger partial charge in [-0.25, -0.2) is 4.98 Å². The molecule has 0 bridgehead atoms. The Labute approximate surface area is 174 Å². The van der Waals surface area contributed by atoms with Crippen molar-refractivity contribution >= 4 is 45.9 Å². The summed E-state index contributed by atoms with van der Waals surface area (Å²) in [5.74, 6) is 0.0373. The molecule has 0 fully saturated rings. The Balaban J connectivity index is 1.88. The Hall–Kier alpha value is -3.06. The number of aromatic nitrogens is 1. The maximum absolute atomic E-state index is 12.9. The summed E-state index contributed by atoms with van der Waals surface area (Å²) in [6.07, 6.45) is 3.25. The fourth-order valence-corrected chi connectivity index (χ4v) is 4.13. The minimum absolute atomic E-state index is 0.185. The van der Waals surface area contributed by atoms with Crippen LogP contribution in [0.3, 0.4) is 0 Å². The molecule has 0 spiro atoms. The summed E-state index contributed by atoms with van der Waals surface area (Å²) in [6.45, 7) is 2.13. The quantitative estimate of drug-likeness (QED) is 0.387. The van der Waals surface area contributed by atoms with Gasteiger partial charge in [-0.05, 0) is 23.9 Å². The van der Waals surface area contributed by atoms with Gasteiger partial charge in [-0.15, -0.1) is 0 Å². The standard InChI is InChI=1S/C22H24N4O2S/c1-2-3-6-12-29-22-17(20(24)27)13-16(19(23)26-22)21(28)25-18-11-7-9-14-8-4-5-10-15(14)18/h4-5,7-11,13H,2-3,6,12H2,1H3,(H2,23,26)(H2,24,27)(H,25,28)/p+1. The molecule has 0 saturated heterocycles. The number of fused-ring (bicyclic) bond motifs is 1. The van der Waals surface area contributed by atoms with Crippen LogP contribution in [0.4, 0.5) is 11.5 Å². The topological polar surface area (TPSA) is 112 Å². The fraction of sp³-hybridized carbons (Fsp3) is 0.227. The highest BCUT2D eigenvalue weighted by molar-refractivity contribution is 7.99. The van der Waals surface area contributed by atoms with Crippen molar-refractivity contribution in [2.45, 2.75) is 31.2 Å². The molecule has 0 aliphatic heterocycles. The van der Waals surface area contributed by atoms with Gasteiger partial charge in [-0.1, -0.05) is 67.9 Å². The van der Waals surface area contributed by atoms with Crippen molar-refractivity contribution in [2.24, 2.45) is 5.73 Å². The number of rotatable bonds is 8.